The Balaban J connectivity index is 1.79. The summed E-state index contributed by atoms with van der Waals surface area (Å²) in [6.07, 6.45) is 3.97. The molecule has 0 radical (unpaired) electrons. The predicted molar refractivity (Wildman–Crippen MR) is 72.5 cm³/mol. The third kappa shape index (κ3) is 2.62. The number of rotatable bonds is 4. The van der Waals surface area contributed by atoms with Crippen molar-refractivity contribution in [1.29, 1.82) is 0 Å². The number of nitrogen functional groups attached to an aromatic ring is 1. The minimum absolute atomic E-state index is 0.486. The molecule has 6 heteroatoms. The van der Waals surface area contributed by atoms with Crippen molar-refractivity contribution in [2.75, 3.05) is 11.1 Å². The Bertz CT molecular complexity index is 579. The van der Waals surface area contributed by atoms with Gasteiger partial charge in [0, 0.05) is 17.7 Å². The zero-order chi connectivity index (χ0) is 13.2. The van der Waals surface area contributed by atoms with Crippen LogP contribution in [0.15, 0.2) is 18.3 Å². The van der Waals surface area contributed by atoms with Crippen molar-refractivity contribution in [3.05, 3.63) is 35.4 Å². The van der Waals surface area contributed by atoms with Gasteiger partial charge in [-0.15, -0.1) is 0 Å². The van der Waals surface area contributed by atoms with E-state index in [4.69, 9.17) is 5.73 Å². The molecule has 0 spiro atoms. The number of anilines is 2. The van der Waals surface area contributed by atoms with Crippen molar-refractivity contribution in [2.24, 2.45) is 0 Å². The second-order valence-corrected chi connectivity index (χ2v) is 4.78. The van der Waals surface area contributed by atoms with Crippen LogP contribution in [-0.2, 0) is 6.54 Å². The third-order valence-corrected chi connectivity index (χ3v) is 3.21. The monoisotopic (exact) mass is 256 g/mol. The third-order valence-electron chi connectivity index (χ3n) is 3.21. The first-order valence-electron chi connectivity index (χ1n) is 6.38. The van der Waals surface area contributed by atoms with Crippen LogP contribution in [0.1, 0.15) is 35.8 Å². The van der Waals surface area contributed by atoms with Crippen LogP contribution in [0.3, 0.4) is 0 Å². The molecule has 0 aliphatic heterocycles. The Hall–Kier alpha value is -2.24. The summed E-state index contributed by atoms with van der Waals surface area (Å²) in [6.45, 7) is 2.50. The molecule has 0 unspecified atom stereocenters. The highest BCUT2D eigenvalue weighted by molar-refractivity contribution is 5.55. The molecule has 19 heavy (non-hydrogen) atoms. The van der Waals surface area contributed by atoms with Gasteiger partial charge in [0.2, 0.25) is 0 Å². The van der Waals surface area contributed by atoms with Gasteiger partial charge in [-0.25, -0.2) is 9.97 Å². The molecule has 98 valence electrons. The summed E-state index contributed by atoms with van der Waals surface area (Å²) in [6, 6.07) is 3.78. The molecule has 3 N–H and O–H groups in total. The van der Waals surface area contributed by atoms with E-state index in [1.54, 1.807) is 6.20 Å². The molecule has 0 saturated heterocycles. The van der Waals surface area contributed by atoms with Gasteiger partial charge >= 0.3 is 0 Å². The lowest BCUT2D eigenvalue weighted by Crippen LogP contribution is -2.10. The SMILES string of the molecule is Cc1c(N)nc(C2CC2)nc1NCc1cccnn1. The van der Waals surface area contributed by atoms with Crippen LogP contribution in [-0.4, -0.2) is 20.2 Å². The lowest BCUT2D eigenvalue weighted by Gasteiger charge is -2.11. The zero-order valence-corrected chi connectivity index (χ0v) is 10.8. The van der Waals surface area contributed by atoms with E-state index in [1.807, 2.05) is 19.1 Å². The minimum atomic E-state index is 0.486. The summed E-state index contributed by atoms with van der Waals surface area (Å²) in [5.74, 6) is 2.68. The molecule has 1 aliphatic rings. The standard InChI is InChI=1S/C13H16N6/c1-8-11(14)17-13(9-4-5-9)18-12(8)15-7-10-3-2-6-16-19-10/h2-3,6,9H,4-5,7H2,1H3,(H3,14,15,17,18). The first-order chi connectivity index (χ1) is 9.24. The van der Waals surface area contributed by atoms with Crippen LogP contribution in [0.4, 0.5) is 11.6 Å². The molecule has 1 saturated carbocycles. The molecule has 0 bridgehead atoms. The van der Waals surface area contributed by atoms with Gasteiger partial charge in [0.1, 0.15) is 17.5 Å². The zero-order valence-electron chi connectivity index (χ0n) is 10.8. The fourth-order valence-corrected chi connectivity index (χ4v) is 1.85. The molecule has 0 amide bonds. The Morgan fingerprint density at radius 1 is 1.37 bits per heavy atom. The summed E-state index contributed by atoms with van der Waals surface area (Å²) in [5, 5.41) is 11.1. The van der Waals surface area contributed by atoms with Crippen LogP contribution < -0.4 is 11.1 Å². The van der Waals surface area contributed by atoms with Gasteiger partial charge < -0.3 is 11.1 Å². The van der Waals surface area contributed by atoms with E-state index >= 15 is 0 Å². The molecule has 2 aromatic heterocycles. The summed E-state index contributed by atoms with van der Waals surface area (Å²) in [5.41, 5.74) is 7.69. The highest BCUT2D eigenvalue weighted by atomic mass is 15.1. The van der Waals surface area contributed by atoms with Gasteiger partial charge in [0.05, 0.1) is 12.2 Å². The van der Waals surface area contributed by atoms with Gasteiger partial charge in [-0.1, -0.05) is 0 Å². The first kappa shape index (κ1) is 11.8. The van der Waals surface area contributed by atoms with Gasteiger partial charge in [0.15, 0.2) is 0 Å². The van der Waals surface area contributed by atoms with E-state index in [0.717, 1.165) is 35.7 Å². The molecule has 2 aromatic rings. The van der Waals surface area contributed by atoms with E-state index in [0.29, 0.717) is 18.3 Å². The van der Waals surface area contributed by atoms with E-state index in [-0.39, 0.29) is 0 Å². The maximum absolute atomic E-state index is 5.94. The lowest BCUT2D eigenvalue weighted by atomic mass is 10.2. The highest BCUT2D eigenvalue weighted by Crippen LogP contribution is 2.39. The van der Waals surface area contributed by atoms with Crippen LogP contribution in [0.25, 0.3) is 0 Å². The molecule has 0 aromatic carbocycles. The maximum Gasteiger partial charge on any atom is 0.136 e. The normalized spacial score (nSPS) is 14.4. The lowest BCUT2D eigenvalue weighted by molar-refractivity contribution is 0.894. The number of nitrogens with one attached hydrogen (secondary N) is 1. The molecular formula is C13H16N6. The minimum Gasteiger partial charge on any atom is -0.383 e. The number of nitrogens with two attached hydrogens (primary N) is 1. The second-order valence-electron chi connectivity index (χ2n) is 4.78. The van der Waals surface area contributed by atoms with Crippen molar-refractivity contribution in [2.45, 2.75) is 32.2 Å². The Kier molecular flexibility index (Phi) is 2.98. The molecule has 2 heterocycles. The Labute approximate surface area is 111 Å². The number of nitrogens with zero attached hydrogens (tertiary/aromatic N) is 4. The van der Waals surface area contributed by atoms with Crippen LogP contribution >= 0.6 is 0 Å². The fraction of sp³-hybridized carbons (Fsp3) is 0.385. The smallest absolute Gasteiger partial charge is 0.136 e. The van der Waals surface area contributed by atoms with Crippen molar-refractivity contribution in [1.82, 2.24) is 20.2 Å². The van der Waals surface area contributed by atoms with Crippen LogP contribution in [0.5, 0.6) is 0 Å². The van der Waals surface area contributed by atoms with Gasteiger partial charge in [-0.05, 0) is 31.9 Å². The number of hydrogen-bond donors (Lipinski definition) is 2. The number of hydrogen-bond acceptors (Lipinski definition) is 6. The van der Waals surface area contributed by atoms with Gasteiger partial charge in [-0.2, -0.15) is 10.2 Å². The number of aromatic nitrogens is 4. The molecule has 1 fully saturated rings. The molecule has 3 rings (SSSR count). The van der Waals surface area contributed by atoms with E-state index in [2.05, 4.69) is 25.5 Å². The summed E-state index contributed by atoms with van der Waals surface area (Å²) < 4.78 is 0. The van der Waals surface area contributed by atoms with Gasteiger partial charge in [0.25, 0.3) is 0 Å². The summed E-state index contributed by atoms with van der Waals surface area (Å²) in [7, 11) is 0. The van der Waals surface area contributed by atoms with Crippen molar-refractivity contribution < 1.29 is 0 Å². The highest BCUT2D eigenvalue weighted by Gasteiger charge is 2.27. The molecular weight excluding hydrogens is 240 g/mol. The van der Waals surface area contributed by atoms with E-state index in [9.17, 15) is 0 Å². The Morgan fingerprint density at radius 2 is 2.21 bits per heavy atom. The summed E-state index contributed by atoms with van der Waals surface area (Å²) in [4.78, 5) is 8.91. The van der Waals surface area contributed by atoms with Crippen LogP contribution in [0.2, 0.25) is 0 Å². The maximum atomic E-state index is 5.94. The average molecular weight is 256 g/mol. The van der Waals surface area contributed by atoms with Gasteiger partial charge in [-0.3, -0.25) is 0 Å². The van der Waals surface area contributed by atoms with Crippen LogP contribution in [0, 0.1) is 6.92 Å². The average Bonchev–Trinajstić information content (AvgIpc) is 3.26. The molecule has 1 aliphatic carbocycles. The fourth-order valence-electron chi connectivity index (χ4n) is 1.85. The van der Waals surface area contributed by atoms with Crippen molar-refractivity contribution in [3.8, 4) is 0 Å². The topological polar surface area (TPSA) is 89.6 Å². The first-order valence-corrected chi connectivity index (χ1v) is 6.38. The Morgan fingerprint density at radius 3 is 2.89 bits per heavy atom. The predicted octanol–water partition coefficient (Wildman–Crippen LogP) is 1.65. The van der Waals surface area contributed by atoms with Crippen molar-refractivity contribution in [3.63, 3.8) is 0 Å². The second kappa shape index (κ2) is 4.79. The largest absolute Gasteiger partial charge is 0.383 e. The van der Waals surface area contributed by atoms with E-state index < -0.39 is 0 Å². The molecule has 6 nitrogen and oxygen atoms in total. The summed E-state index contributed by atoms with van der Waals surface area (Å²) >= 11 is 0. The quantitative estimate of drug-likeness (QED) is 0.864. The molecule has 0 atom stereocenters. The van der Waals surface area contributed by atoms with Crippen molar-refractivity contribution >= 4 is 11.6 Å². The van der Waals surface area contributed by atoms with E-state index in [1.165, 1.54) is 0 Å².